The van der Waals surface area contributed by atoms with Gasteiger partial charge in [0.05, 0.1) is 25.4 Å². The summed E-state index contributed by atoms with van der Waals surface area (Å²) >= 11 is 0. The molecule has 8 nitrogen and oxygen atoms in total. The number of nitrogens with one attached hydrogen (secondary N) is 1. The van der Waals surface area contributed by atoms with E-state index in [0.29, 0.717) is 35.3 Å². The zero-order chi connectivity index (χ0) is 21.7. The average Bonchev–Trinajstić information content (AvgIpc) is 3.17. The topological polar surface area (TPSA) is 87.5 Å². The van der Waals surface area contributed by atoms with Crippen molar-refractivity contribution in [3.05, 3.63) is 41.4 Å². The van der Waals surface area contributed by atoms with Crippen molar-refractivity contribution in [1.29, 1.82) is 0 Å². The second kappa shape index (κ2) is 9.65. The fourth-order valence-corrected chi connectivity index (χ4v) is 3.45. The number of carbonyl (C=O) groups excluding carboxylic acids is 1. The maximum absolute atomic E-state index is 12.9. The highest BCUT2D eigenvalue weighted by atomic mass is 16.5. The second-order valence-corrected chi connectivity index (χ2v) is 7.51. The molecule has 2 aromatic rings. The Kier molecular flexibility index (Phi) is 6.97. The largest absolute Gasteiger partial charge is 0.493 e. The van der Waals surface area contributed by atoms with Crippen molar-refractivity contribution >= 4 is 11.9 Å². The lowest BCUT2D eigenvalue weighted by Crippen LogP contribution is -2.30. The molecule has 3 rings (SSSR count). The van der Waals surface area contributed by atoms with Crippen molar-refractivity contribution in [2.24, 2.45) is 0 Å². The number of rotatable bonds is 9. The third kappa shape index (κ3) is 4.58. The molecule has 0 radical (unpaired) electrons. The van der Waals surface area contributed by atoms with Gasteiger partial charge in [0.2, 0.25) is 5.95 Å². The SMILES string of the molecule is CCCCCOc1ccc([C@H]2C(C(=O)OC(C)C)=C(C)Nc3ncnn32)cc1OC. The number of unbranched alkanes of at least 4 members (excludes halogenated alkanes) is 2. The Morgan fingerprint density at radius 2 is 2.07 bits per heavy atom. The normalized spacial score (nSPS) is 15.6. The first-order chi connectivity index (χ1) is 14.5. The number of carbonyl (C=O) groups is 1. The number of benzene rings is 1. The Hall–Kier alpha value is -3.03. The highest BCUT2D eigenvalue weighted by molar-refractivity contribution is 5.92. The number of aromatic nitrogens is 3. The lowest BCUT2D eigenvalue weighted by Gasteiger charge is -2.29. The summed E-state index contributed by atoms with van der Waals surface area (Å²) in [5, 5.41) is 7.47. The Balaban J connectivity index is 1.97. The molecule has 162 valence electrons. The molecule has 0 saturated heterocycles. The van der Waals surface area contributed by atoms with E-state index in [-0.39, 0.29) is 12.1 Å². The monoisotopic (exact) mass is 414 g/mol. The lowest BCUT2D eigenvalue weighted by molar-refractivity contribution is -0.143. The van der Waals surface area contributed by atoms with Gasteiger partial charge in [0, 0.05) is 5.70 Å². The zero-order valence-corrected chi connectivity index (χ0v) is 18.3. The van der Waals surface area contributed by atoms with Gasteiger partial charge >= 0.3 is 5.97 Å². The maximum Gasteiger partial charge on any atom is 0.338 e. The maximum atomic E-state index is 12.9. The van der Waals surface area contributed by atoms with Gasteiger partial charge in [-0.25, -0.2) is 9.48 Å². The van der Waals surface area contributed by atoms with Gasteiger partial charge in [-0.05, 0) is 44.9 Å². The molecule has 0 unspecified atom stereocenters. The Bertz CT molecular complexity index is 920. The summed E-state index contributed by atoms with van der Waals surface area (Å²) in [5.74, 6) is 1.47. The van der Waals surface area contributed by atoms with Crippen LogP contribution in [0.15, 0.2) is 35.8 Å². The van der Waals surface area contributed by atoms with E-state index in [1.807, 2.05) is 39.0 Å². The summed E-state index contributed by atoms with van der Waals surface area (Å²) in [6.07, 6.45) is 4.48. The molecule has 30 heavy (non-hydrogen) atoms. The Morgan fingerprint density at radius 3 is 2.77 bits per heavy atom. The molecule has 8 heteroatoms. The third-order valence-corrected chi connectivity index (χ3v) is 4.87. The van der Waals surface area contributed by atoms with Crippen LogP contribution < -0.4 is 14.8 Å². The van der Waals surface area contributed by atoms with E-state index in [9.17, 15) is 4.79 Å². The van der Waals surface area contributed by atoms with E-state index in [1.54, 1.807) is 11.8 Å². The van der Waals surface area contributed by atoms with Crippen LogP contribution in [-0.4, -0.2) is 40.6 Å². The molecule has 1 aliphatic rings. The number of ether oxygens (including phenoxy) is 3. The van der Waals surface area contributed by atoms with Crippen LogP contribution in [0.2, 0.25) is 0 Å². The van der Waals surface area contributed by atoms with Gasteiger partial charge in [-0.15, -0.1) is 0 Å². The highest BCUT2D eigenvalue weighted by Gasteiger charge is 2.35. The van der Waals surface area contributed by atoms with Crippen LogP contribution in [0.25, 0.3) is 0 Å². The number of hydrogen-bond acceptors (Lipinski definition) is 7. The highest BCUT2D eigenvalue weighted by Crippen LogP contribution is 2.39. The lowest BCUT2D eigenvalue weighted by atomic mass is 9.95. The number of nitrogens with zero attached hydrogens (tertiary/aromatic N) is 3. The van der Waals surface area contributed by atoms with Gasteiger partial charge in [-0.1, -0.05) is 25.8 Å². The van der Waals surface area contributed by atoms with E-state index in [2.05, 4.69) is 22.3 Å². The van der Waals surface area contributed by atoms with Crippen LogP contribution in [-0.2, 0) is 9.53 Å². The molecule has 0 bridgehead atoms. The van der Waals surface area contributed by atoms with Crippen LogP contribution >= 0.6 is 0 Å². The molecule has 1 aromatic carbocycles. The van der Waals surface area contributed by atoms with Crippen LogP contribution in [0.1, 0.15) is 58.6 Å². The summed E-state index contributed by atoms with van der Waals surface area (Å²) in [4.78, 5) is 17.2. The average molecular weight is 415 g/mol. The van der Waals surface area contributed by atoms with Crippen molar-refractivity contribution in [3.63, 3.8) is 0 Å². The summed E-state index contributed by atoms with van der Waals surface area (Å²) in [6, 6.07) is 5.19. The molecule has 1 aromatic heterocycles. The van der Waals surface area contributed by atoms with Gasteiger partial charge in [-0.3, -0.25) is 0 Å². The van der Waals surface area contributed by atoms with Gasteiger partial charge in [0.25, 0.3) is 0 Å². The molecular formula is C22H30N4O4. The number of anilines is 1. The number of hydrogen-bond donors (Lipinski definition) is 1. The Morgan fingerprint density at radius 1 is 1.27 bits per heavy atom. The van der Waals surface area contributed by atoms with E-state index in [4.69, 9.17) is 14.2 Å². The Labute approximate surface area is 177 Å². The first kappa shape index (κ1) is 21.7. The number of fused-ring (bicyclic) bond motifs is 1. The van der Waals surface area contributed by atoms with Crippen LogP contribution in [0, 0.1) is 0 Å². The van der Waals surface area contributed by atoms with Crippen LogP contribution in [0.5, 0.6) is 11.5 Å². The zero-order valence-electron chi connectivity index (χ0n) is 18.3. The number of methoxy groups -OCH3 is 1. The fraction of sp³-hybridized carbons (Fsp3) is 0.500. The minimum atomic E-state index is -0.488. The van der Waals surface area contributed by atoms with Crippen LogP contribution in [0.4, 0.5) is 5.95 Å². The summed E-state index contributed by atoms with van der Waals surface area (Å²) in [5.41, 5.74) is 2.00. The molecule has 0 spiro atoms. The van der Waals surface area contributed by atoms with Gasteiger partial charge < -0.3 is 19.5 Å². The van der Waals surface area contributed by atoms with Gasteiger partial charge in [0.1, 0.15) is 12.4 Å². The second-order valence-electron chi connectivity index (χ2n) is 7.51. The van der Waals surface area contributed by atoms with Crippen molar-refractivity contribution in [1.82, 2.24) is 14.8 Å². The molecule has 2 heterocycles. The predicted molar refractivity (Wildman–Crippen MR) is 114 cm³/mol. The number of allylic oxidation sites excluding steroid dienone is 1. The summed E-state index contributed by atoms with van der Waals surface area (Å²) in [6.45, 7) is 8.28. The molecule has 0 fully saturated rings. The molecule has 0 amide bonds. The van der Waals surface area contributed by atoms with Crippen molar-refractivity contribution in [3.8, 4) is 11.5 Å². The first-order valence-electron chi connectivity index (χ1n) is 10.3. The van der Waals surface area contributed by atoms with Crippen molar-refractivity contribution in [2.45, 2.75) is 59.1 Å². The van der Waals surface area contributed by atoms with E-state index in [1.165, 1.54) is 6.33 Å². The molecule has 1 N–H and O–H groups in total. The first-order valence-corrected chi connectivity index (χ1v) is 10.3. The van der Waals surface area contributed by atoms with Crippen LogP contribution in [0.3, 0.4) is 0 Å². The van der Waals surface area contributed by atoms with Crippen molar-refractivity contribution < 1.29 is 19.0 Å². The quantitative estimate of drug-likeness (QED) is 0.488. The third-order valence-electron chi connectivity index (χ3n) is 4.87. The van der Waals surface area contributed by atoms with E-state index >= 15 is 0 Å². The number of esters is 1. The summed E-state index contributed by atoms with van der Waals surface area (Å²) < 4.78 is 18.7. The molecule has 0 aliphatic carbocycles. The minimum absolute atomic E-state index is 0.232. The van der Waals surface area contributed by atoms with E-state index < -0.39 is 6.04 Å². The predicted octanol–water partition coefficient (Wildman–Crippen LogP) is 4.10. The molecule has 0 saturated carbocycles. The molecular weight excluding hydrogens is 384 g/mol. The van der Waals surface area contributed by atoms with E-state index in [0.717, 1.165) is 24.8 Å². The fourth-order valence-electron chi connectivity index (χ4n) is 3.45. The molecule has 1 atom stereocenters. The molecule has 1 aliphatic heterocycles. The smallest absolute Gasteiger partial charge is 0.338 e. The summed E-state index contributed by atoms with van der Waals surface area (Å²) in [7, 11) is 1.61. The minimum Gasteiger partial charge on any atom is -0.493 e. The van der Waals surface area contributed by atoms with Gasteiger partial charge in [-0.2, -0.15) is 10.1 Å². The standard InChI is InChI=1S/C22H30N4O4/c1-6-7-8-11-29-17-10-9-16(12-18(17)28-5)20-19(21(27)30-14(2)3)15(4)25-22-23-13-24-26(20)22/h9-10,12-14,20H,6-8,11H2,1-5H3,(H,23,24,25)/t20-/m0/s1. The van der Waals surface area contributed by atoms with Crippen molar-refractivity contribution in [2.75, 3.05) is 19.0 Å². The van der Waals surface area contributed by atoms with Gasteiger partial charge in [0.15, 0.2) is 11.5 Å².